The van der Waals surface area contributed by atoms with Crippen LogP contribution in [0.1, 0.15) is 38.2 Å². The molecule has 3 nitrogen and oxygen atoms in total. The molecule has 0 bridgehead atoms. The first-order valence-electron chi connectivity index (χ1n) is 6.69. The molecule has 1 aromatic rings. The summed E-state index contributed by atoms with van der Waals surface area (Å²) in [6.45, 7) is 3.82. The van der Waals surface area contributed by atoms with E-state index in [0.717, 1.165) is 18.6 Å². The molecule has 0 radical (unpaired) electrons. The van der Waals surface area contributed by atoms with Crippen molar-refractivity contribution in [1.29, 1.82) is 0 Å². The van der Waals surface area contributed by atoms with Gasteiger partial charge in [-0.1, -0.05) is 30.5 Å². The summed E-state index contributed by atoms with van der Waals surface area (Å²) in [6, 6.07) is 8.11. The fourth-order valence-electron chi connectivity index (χ4n) is 2.26. The SMILES string of the molecule is Cc1ccc(OC(C)C(=O)NC2CCCC2)cc1. The Bertz CT molecular complexity index is 393. The normalized spacial score (nSPS) is 17.4. The Hall–Kier alpha value is -1.51. The van der Waals surface area contributed by atoms with Crippen LogP contribution < -0.4 is 10.1 Å². The lowest BCUT2D eigenvalue weighted by Crippen LogP contribution is -2.41. The summed E-state index contributed by atoms with van der Waals surface area (Å²) >= 11 is 0. The van der Waals surface area contributed by atoms with E-state index in [1.165, 1.54) is 18.4 Å². The molecule has 1 fully saturated rings. The molecule has 1 aromatic carbocycles. The Morgan fingerprint density at radius 1 is 1.28 bits per heavy atom. The summed E-state index contributed by atoms with van der Waals surface area (Å²) in [5.41, 5.74) is 1.19. The third-order valence-electron chi connectivity index (χ3n) is 3.40. The Morgan fingerprint density at radius 2 is 1.89 bits per heavy atom. The van der Waals surface area contributed by atoms with Crippen LogP contribution in [0.3, 0.4) is 0 Å². The number of hydrogen-bond acceptors (Lipinski definition) is 2. The highest BCUT2D eigenvalue weighted by Crippen LogP contribution is 2.18. The van der Waals surface area contributed by atoms with Crippen LogP contribution in [0.4, 0.5) is 0 Å². The molecule has 1 aliphatic rings. The zero-order chi connectivity index (χ0) is 13.0. The fraction of sp³-hybridized carbons (Fsp3) is 0.533. The van der Waals surface area contributed by atoms with Gasteiger partial charge in [-0.2, -0.15) is 0 Å². The smallest absolute Gasteiger partial charge is 0.260 e. The highest BCUT2D eigenvalue weighted by atomic mass is 16.5. The molecule has 2 rings (SSSR count). The number of rotatable bonds is 4. The lowest BCUT2D eigenvalue weighted by molar-refractivity contribution is -0.127. The van der Waals surface area contributed by atoms with Crippen LogP contribution in [0, 0.1) is 6.92 Å². The predicted molar refractivity (Wildman–Crippen MR) is 71.7 cm³/mol. The molecule has 0 aliphatic heterocycles. The topological polar surface area (TPSA) is 38.3 Å². The summed E-state index contributed by atoms with van der Waals surface area (Å²) in [5.74, 6) is 0.733. The second kappa shape index (κ2) is 5.89. The monoisotopic (exact) mass is 247 g/mol. The maximum Gasteiger partial charge on any atom is 0.260 e. The average molecular weight is 247 g/mol. The summed E-state index contributed by atoms with van der Waals surface area (Å²) in [4.78, 5) is 11.9. The number of ether oxygens (including phenoxy) is 1. The van der Waals surface area contributed by atoms with Gasteiger partial charge in [-0.25, -0.2) is 0 Å². The van der Waals surface area contributed by atoms with E-state index in [1.54, 1.807) is 6.92 Å². The number of nitrogens with one attached hydrogen (secondary N) is 1. The van der Waals surface area contributed by atoms with E-state index in [2.05, 4.69) is 5.32 Å². The van der Waals surface area contributed by atoms with Crippen molar-refractivity contribution in [2.45, 2.75) is 51.7 Å². The van der Waals surface area contributed by atoms with E-state index in [4.69, 9.17) is 4.74 Å². The number of benzene rings is 1. The number of aryl methyl sites for hydroxylation is 1. The maximum atomic E-state index is 11.9. The molecule has 0 spiro atoms. The van der Waals surface area contributed by atoms with E-state index in [-0.39, 0.29) is 5.91 Å². The van der Waals surface area contributed by atoms with Crippen molar-refractivity contribution < 1.29 is 9.53 Å². The highest BCUT2D eigenvalue weighted by molar-refractivity contribution is 5.81. The molecule has 18 heavy (non-hydrogen) atoms. The van der Waals surface area contributed by atoms with Crippen molar-refractivity contribution in [3.05, 3.63) is 29.8 Å². The van der Waals surface area contributed by atoms with Crippen LogP contribution >= 0.6 is 0 Å². The molecule has 98 valence electrons. The van der Waals surface area contributed by atoms with Gasteiger partial charge in [-0.15, -0.1) is 0 Å². The van der Waals surface area contributed by atoms with Crippen LogP contribution in [0.15, 0.2) is 24.3 Å². The molecular formula is C15H21NO2. The Kier molecular flexibility index (Phi) is 4.24. The molecule has 1 saturated carbocycles. The molecule has 0 heterocycles. The average Bonchev–Trinajstić information content (AvgIpc) is 2.85. The summed E-state index contributed by atoms with van der Waals surface area (Å²) in [5, 5.41) is 3.05. The van der Waals surface area contributed by atoms with Crippen LogP contribution in [0.25, 0.3) is 0 Å². The Balaban J connectivity index is 1.84. The minimum absolute atomic E-state index is 0.0116. The van der Waals surface area contributed by atoms with Gasteiger partial charge in [0.05, 0.1) is 0 Å². The number of amides is 1. The van der Waals surface area contributed by atoms with Gasteiger partial charge in [-0.05, 0) is 38.8 Å². The van der Waals surface area contributed by atoms with Crippen LogP contribution in [-0.2, 0) is 4.79 Å². The quantitative estimate of drug-likeness (QED) is 0.888. The van der Waals surface area contributed by atoms with Crippen molar-refractivity contribution in [2.75, 3.05) is 0 Å². The van der Waals surface area contributed by atoms with E-state index in [9.17, 15) is 4.79 Å². The maximum absolute atomic E-state index is 11.9. The Morgan fingerprint density at radius 3 is 2.50 bits per heavy atom. The minimum Gasteiger partial charge on any atom is -0.481 e. The molecule has 3 heteroatoms. The molecule has 0 aromatic heterocycles. The zero-order valence-corrected chi connectivity index (χ0v) is 11.1. The first-order chi connectivity index (χ1) is 8.65. The van der Waals surface area contributed by atoms with Crippen LogP contribution in [-0.4, -0.2) is 18.1 Å². The second-order valence-electron chi connectivity index (χ2n) is 5.06. The van der Waals surface area contributed by atoms with Crippen molar-refractivity contribution in [1.82, 2.24) is 5.32 Å². The van der Waals surface area contributed by atoms with E-state index in [0.29, 0.717) is 6.04 Å². The minimum atomic E-state index is -0.437. The number of carbonyl (C=O) groups excluding carboxylic acids is 1. The third-order valence-corrected chi connectivity index (χ3v) is 3.40. The first-order valence-corrected chi connectivity index (χ1v) is 6.69. The Labute approximate surface area is 109 Å². The lowest BCUT2D eigenvalue weighted by Gasteiger charge is -2.18. The fourth-order valence-corrected chi connectivity index (χ4v) is 2.26. The van der Waals surface area contributed by atoms with E-state index < -0.39 is 6.10 Å². The summed E-state index contributed by atoms with van der Waals surface area (Å²) < 4.78 is 5.63. The van der Waals surface area contributed by atoms with Gasteiger partial charge in [-0.3, -0.25) is 4.79 Å². The number of hydrogen-bond donors (Lipinski definition) is 1. The van der Waals surface area contributed by atoms with Crippen molar-refractivity contribution in [3.63, 3.8) is 0 Å². The molecule has 1 amide bonds. The van der Waals surface area contributed by atoms with Gasteiger partial charge in [0.1, 0.15) is 5.75 Å². The predicted octanol–water partition coefficient (Wildman–Crippen LogP) is 2.82. The summed E-state index contributed by atoms with van der Waals surface area (Å²) in [7, 11) is 0. The van der Waals surface area contributed by atoms with E-state index >= 15 is 0 Å². The van der Waals surface area contributed by atoms with Gasteiger partial charge >= 0.3 is 0 Å². The molecular weight excluding hydrogens is 226 g/mol. The van der Waals surface area contributed by atoms with Crippen molar-refractivity contribution in [2.24, 2.45) is 0 Å². The highest BCUT2D eigenvalue weighted by Gasteiger charge is 2.21. The molecule has 1 unspecified atom stereocenters. The lowest BCUT2D eigenvalue weighted by atomic mass is 10.2. The van der Waals surface area contributed by atoms with Gasteiger partial charge in [0, 0.05) is 6.04 Å². The van der Waals surface area contributed by atoms with E-state index in [1.807, 2.05) is 31.2 Å². The van der Waals surface area contributed by atoms with Gasteiger partial charge in [0.2, 0.25) is 0 Å². The molecule has 1 atom stereocenters. The molecule has 1 N–H and O–H groups in total. The van der Waals surface area contributed by atoms with Crippen LogP contribution in [0.5, 0.6) is 5.75 Å². The first kappa shape index (κ1) is 12.9. The zero-order valence-electron chi connectivity index (χ0n) is 11.1. The standard InChI is InChI=1S/C15H21NO2/c1-11-7-9-14(10-8-11)18-12(2)15(17)16-13-5-3-4-6-13/h7-10,12-13H,3-6H2,1-2H3,(H,16,17). The molecule has 1 aliphatic carbocycles. The molecule has 0 saturated heterocycles. The largest absolute Gasteiger partial charge is 0.481 e. The van der Waals surface area contributed by atoms with Gasteiger partial charge < -0.3 is 10.1 Å². The summed E-state index contributed by atoms with van der Waals surface area (Å²) in [6.07, 6.45) is 4.20. The third kappa shape index (κ3) is 3.49. The van der Waals surface area contributed by atoms with Crippen molar-refractivity contribution in [3.8, 4) is 5.75 Å². The van der Waals surface area contributed by atoms with Gasteiger partial charge in [0.25, 0.3) is 5.91 Å². The van der Waals surface area contributed by atoms with Gasteiger partial charge in [0.15, 0.2) is 6.10 Å². The number of carbonyl (C=O) groups is 1. The second-order valence-corrected chi connectivity index (χ2v) is 5.06. The van der Waals surface area contributed by atoms with Crippen molar-refractivity contribution >= 4 is 5.91 Å². The van der Waals surface area contributed by atoms with Crippen LogP contribution in [0.2, 0.25) is 0 Å².